The average Bonchev–Trinajstić information content (AvgIpc) is 2.07. The summed E-state index contributed by atoms with van der Waals surface area (Å²) in [6.07, 6.45) is 0. The second-order valence-electron chi connectivity index (χ2n) is 3.77. The predicted molar refractivity (Wildman–Crippen MR) is 61.4 cm³/mol. The minimum absolute atomic E-state index is 0.197. The van der Waals surface area contributed by atoms with Gasteiger partial charge in [-0.3, -0.25) is 0 Å². The molecule has 0 bridgehead atoms. The van der Waals surface area contributed by atoms with Gasteiger partial charge in [-0.1, -0.05) is 29.8 Å². The summed E-state index contributed by atoms with van der Waals surface area (Å²) in [7, 11) is 2.05. The highest BCUT2D eigenvalue weighted by Crippen LogP contribution is 2.16. The van der Waals surface area contributed by atoms with E-state index in [4.69, 9.17) is 17.3 Å². The van der Waals surface area contributed by atoms with Crippen LogP contribution >= 0.6 is 11.6 Å². The van der Waals surface area contributed by atoms with Crippen molar-refractivity contribution in [3.63, 3.8) is 0 Å². The molecule has 0 fully saturated rings. The van der Waals surface area contributed by atoms with Crippen LogP contribution in [0.1, 0.15) is 12.5 Å². The molecule has 1 aromatic carbocycles. The van der Waals surface area contributed by atoms with E-state index >= 15 is 0 Å². The molecule has 3 heteroatoms. The van der Waals surface area contributed by atoms with E-state index in [1.54, 1.807) is 0 Å². The summed E-state index contributed by atoms with van der Waals surface area (Å²) >= 11 is 6.05. The fraction of sp³-hybridized carbons (Fsp3) is 0.455. The summed E-state index contributed by atoms with van der Waals surface area (Å²) < 4.78 is 0. The minimum Gasteiger partial charge on any atom is -0.327 e. The molecule has 0 saturated carbocycles. The molecule has 0 amide bonds. The lowest BCUT2D eigenvalue weighted by atomic mass is 10.2. The van der Waals surface area contributed by atoms with Crippen molar-refractivity contribution in [2.45, 2.75) is 19.5 Å². The van der Waals surface area contributed by atoms with Gasteiger partial charge in [-0.05, 0) is 25.6 Å². The molecule has 0 saturated heterocycles. The zero-order valence-corrected chi connectivity index (χ0v) is 9.46. The molecule has 0 aliphatic heterocycles. The van der Waals surface area contributed by atoms with Gasteiger partial charge in [0.15, 0.2) is 0 Å². The third kappa shape index (κ3) is 3.66. The minimum atomic E-state index is 0.197. The molecular formula is C11H17ClN2. The number of nitrogens with two attached hydrogens (primary N) is 1. The molecule has 14 heavy (non-hydrogen) atoms. The summed E-state index contributed by atoms with van der Waals surface area (Å²) in [5.74, 6) is 0. The Hall–Kier alpha value is -0.570. The van der Waals surface area contributed by atoms with Gasteiger partial charge in [0.2, 0.25) is 0 Å². The van der Waals surface area contributed by atoms with Gasteiger partial charge in [-0.15, -0.1) is 0 Å². The maximum Gasteiger partial charge on any atom is 0.0451 e. The van der Waals surface area contributed by atoms with Crippen molar-refractivity contribution >= 4 is 11.6 Å². The maximum absolute atomic E-state index is 6.05. The van der Waals surface area contributed by atoms with Gasteiger partial charge in [-0.25, -0.2) is 0 Å². The maximum atomic E-state index is 6.05. The van der Waals surface area contributed by atoms with Gasteiger partial charge >= 0.3 is 0 Å². The Morgan fingerprint density at radius 1 is 1.43 bits per heavy atom. The largest absolute Gasteiger partial charge is 0.327 e. The summed E-state index contributed by atoms with van der Waals surface area (Å²) in [6.45, 7) is 3.73. The Morgan fingerprint density at radius 2 is 2.07 bits per heavy atom. The quantitative estimate of drug-likeness (QED) is 0.829. The molecule has 2 N–H and O–H groups in total. The number of likely N-dealkylation sites (N-methyl/N-ethyl adjacent to an activating group) is 1. The average molecular weight is 213 g/mol. The van der Waals surface area contributed by atoms with Crippen molar-refractivity contribution < 1.29 is 0 Å². The molecule has 1 aromatic rings. The van der Waals surface area contributed by atoms with Gasteiger partial charge in [-0.2, -0.15) is 0 Å². The second kappa shape index (κ2) is 5.35. The first-order chi connectivity index (χ1) is 6.59. The van der Waals surface area contributed by atoms with Crippen LogP contribution in [0.15, 0.2) is 24.3 Å². The van der Waals surface area contributed by atoms with Crippen LogP contribution in [0.3, 0.4) is 0 Å². The molecular weight excluding hydrogens is 196 g/mol. The van der Waals surface area contributed by atoms with Crippen LogP contribution in [0.25, 0.3) is 0 Å². The number of halogens is 1. The van der Waals surface area contributed by atoms with E-state index in [2.05, 4.69) is 4.90 Å². The Bertz CT molecular complexity index is 286. The Balaban J connectivity index is 2.56. The molecule has 78 valence electrons. The zero-order chi connectivity index (χ0) is 10.6. The van der Waals surface area contributed by atoms with Gasteiger partial charge in [0, 0.05) is 24.2 Å². The van der Waals surface area contributed by atoms with Crippen LogP contribution in [0.4, 0.5) is 0 Å². The van der Waals surface area contributed by atoms with Gasteiger partial charge in [0.05, 0.1) is 0 Å². The third-order valence-electron chi connectivity index (χ3n) is 2.00. The molecule has 0 aliphatic rings. The summed E-state index contributed by atoms with van der Waals surface area (Å²) in [6, 6.07) is 8.09. The van der Waals surface area contributed by atoms with Crippen molar-refractivity contribution in [2.75, 3.05) is 13.6 Å². The highest BCUT2D eigenvalue weighted by Gasteiger charge is 2.05. The lowest BCUT2D eigenvalue weighted by Crippen LogP contribution is -2.32. The van der Waals surface area contributed by atoms with E-state index in [9.17, 15) is 0 Å². The second-order valence-corrected chi connectivity index (χ2v) is 4.17. The van der Waals surface area contributed by atoms with Crippen LogP contribution in [0.5, 0.6) is 0 Å². The fourth-order valence-corrected chi connectivity index (χ4v) is 1.67. The lowest BCUT2D eigenvalue weighted by molar-refractivity contribution is 0.310. The highest BCUT2D eigenvalue weighted by atomic mass is 35.5. The Morgan fingerprint density at radius 3 is 2.64 bits per heavy atom. The molecule has 1 unspecified atom stereocenters. The van der Waals surface area contributed by atoms with Crippen LogP contribution < -0.4 is 5.73 Å². The van der Waals surface area contributed by atoms with Crippen LogP contribution in [0, 0.1) is 0 Å². The van der Waals surface area contributed by atoms with Crippen LogP contribution in [-0.2, 0) is 6.54 Å². The van der Waals surface area contributed by atoms with E-state index in [1.165, 1.54) is 0 Å². The monoisotopic (exact) mass is 212 g/mol. The molecule has 0 aliphatic carbocycles. The van der Waals surface area contributed by atoms with E-state index < -0.39 is 0 Å². The van der Waals surface area contributed by atoms with Crippen molar-refractivity contribution in [1.29, 1.82) is 0 Å². The normalized spacial score (nSPS) is 13.2. The van der Waals surface area contributed by atoms with Crippen molar-refractivity contribution in [3.8, 4) is 0 Å². The number of hydrogen-bond acceptors (Lipinski definition) is 2. The first kappa shape index (κ1) is 11.5. The zero-order valence-electron chi connectivity index (χ0n) is 8.70. The SMILES string of the molecule is CC(N)CN(C)Cc1ccccc1Cl. The van der Waals surface area contributed by atoms with E-state index in [0.717, 1.165) is 23.7 Å². The number of rotatable bonds is 4. The standard InChI is InChI=1S/C11H17ClN2/c1-9(13)7-14(2)8-10-5-3-4-6-11(10)12/h3-6,9H,7-8,13H2,1-2H3. The molecule has 0 heterocycles. The summed E-state index contributed by atoms with van der Waals surface area (Å²) in [4.78, 5) is 2.17. The molecule has 0 radical (unpaired) electrons. The fourth-order valence-electron chi connectivity index (χ4n) is 1.47. The topological polar surface area (TPSA) is 29.3 Å². The number of hydrogen-bond donors (Lipinski definition) is 1. The smallest absolute Gasteiger partial charge is 0.0451 e. The first-order valence-electron chi connectivity index (χ1n) is 4.77. The number of benzene rings is 1. The van der Waals surface area contributed by atoms with Crippen LogP contribution in [-0.4, -0.2) is 24.5 Å². The van der Waals surface area contributed by atoms with E-state index in [-0.39, 0.29) is 6.04 Å². The predicted octanol–water partition coefficient (Wildman–Crippen LogP) is 2.12. The van der Waals surface area contributed by atoms with Crippen molar-refractivity contribution in [2.24, 2.45) is 5.73 Å². The summed E-state index contributed by atoms with van der Waals surface area (Å²) in [5.41, 5.74) is 6.86. The van der Waals surface area contributed by atoms with Gasteiger partial charge < -0.3 is 10.6 Å². The van der Waals surface area contributed by atoms with Gasteiger partial charge in [0.25, 0.3) is 0 Å². The molecule has 0 spiro atoms. The van der Waals surface area contributed by atoms with Crippen LogP contribution in [0.2, 0.25) is 5.02 Å². The highest BCUT2D eigenvalue weighted by molar-refractivity contribution is 6.31. The Labute approximate surface area is 90.7 Å². The number of nitrogens with zero attached hydrogens (tertiary/aromatic N) is 1. The molecule has 2 nitrogen and oxygen atoms in total. The van der Waals surface area contributed by atoms with Gasteiger partial charge in [0.1, 0.15) is 0 Å². The first-order valence-corrected chi connectivity index (χ1v) is 5.15. The van der Waals surface area contributed by atoms with E-state index in [1.807, 2.05) is 38.2 Å². The van der Waals surface area contributed by atoms with E-state index in [0.29, 0.717) is 0 Å². The summed E-state index contributed by atoms with van der Waals surface area (Å²) in [5, 5.41) is 0.823. The Kier molecular flexibility index (Phi) is 4.39. The lowest BCUT2D eigenvalue weighted by Gasteiger charge is -2.19. The molecule has 1 rings (SSSR count). The molecule has 1 atom stereocenters. The molecule has 0 aromatic heterocycles. The van der Waals surface area contributed by atoms with Crippen molar-refractivity contribution in [3.05, 3.63) is 34.9 Å². The third-order valence-corrected chi connectivity index (χ3v) is 2.37. The van der Waals surface area contributed by atoms with Crippen molar-refractivity contribution in [1.82, 2.24) is 4.90 Å².